The third kappa shape index (κ3) is 30.9. The predicted molar refractivity (Wildman–Crippen MR) is 413 cm³/mol. The average molecular weight is 1560 g/mol. The molecule has 1 fully saturated rings. The average Bonchev–Trinajstić information content (AvgIpc) is 1.62. The molecule has 0 saturated carbocycles. The minimum atomic E-state index is -1.72. The Morgan fingerprint density at radius 3 is 1.65 bits per heavy atom. The largest absolute Gasteiger partial charge is 0.480 e. The predicted octanol–water partition coefficient (Wildman–Crippen LogP) is -1.45. The fourth-order valence-electron chi connectivity index (χ4n) is 12.2. The first-order valence-electron chi connectivity index (χ1n) is 37.1. The number of guanidine groups is 1. The fourth-order valence-corrected chi connectivity index (χ4v) is 12.6. The molecule has 1 aliphatic heterocycles. The molecule has 4 rings (SSSR count). The van der Waals surface area contributed by atoms with Crippen LogP contribution in [-0.2, 0) is 84.8 Å². The van der Waals surface area contributed by atoms with Gasteiger partial charge in [0.15, 0.2) is 5.96 Å². The van der Waals surface area contributed by atoms with Crippen molar-refractivity contribution in [2.75, 3.05) is 31.6 Å². The highest BCUT2D eigenvalue weighted by molar-refractivity contribution is 7.98. The Labute approximate surface area is 645 Å². The Morgan fingerprint density at radius 1 is 0.545 bits per heavy atom. The van der Waals surface area contributed by atoms with Crippen molar-refractivity contribution in [3.8, 4) is 0 Å². The number of hydrogen-bond acceptors (Lipinski definition) is 18. The molecule has 22 N–H and O–H groups in total. The molecule has 35 nitrogen and oxygen atoms in total. The van der Waals surface area contributed by atoms with Crippen LogP contribution in [0.4, 0.5) is 0 Å². The third-order valence-corrected chi connectivity index (χ3v) is 18.7. The summed E-state index contributed by atoms with van der Waals surface area (Å²) in [6.45, 7) is 17.7. The summed E-state index contributed by atoms with van der Waals surface area (Å²) in [6.07, 6.45) is 3.29. The molecular formula is C74H115N19O16S. The Balaban J connectivity index is 1.55. The summed E-state index contributed by atoms with van der Waals surface area (Å²) in [6, 6.07) is -1.33. The molecule has 110 heavy (non-hydrogen) atoms. The van der Waals surface area contributed by atoms with Gasteiger partial charge in [0, 0.05) is 43.0 Å². The number of nitrogens with zero attached hydrogens (tertiary/aromatic N) is 1. The van der Waals surface area contributed by atoms with E-state index >= 15 is 0 Å². The van der Waals surface area contributed by atoms with Crippen molar-refractivity contribution in [3.05, 3.63) is 71.9 Å². The van der Waals surface area contributed by atoms with E-state index in [1.54, 1.807) is 96.5 Å². The number of rotatable bonds is 46. The van der Waals surface area contributed by atoms with E-state index in [9.17, 15) is 77.0 Å². The second kappa shape index (κ2) is 45.6. The lowest BCUT2D eigenvalue weighted by Gasteiger charge is -2.31. The number of nitrogens with one attached hydrogen (secondary N) is 15. The quantitative estimate of drug-likeness (QED) is 0.0175. The Bertz CT molecular complexity index is 3690. The summed E-state index contributed by atoms with van der Waals surface area (Å²) < 4.78 is 0. The molecule has 608 valence electrons. The summed E-state index contributed by atoms with van der Waals surface area (Å²) in [7, 11) is 0. The van der Waals surface area contributed by atoms with Crippen LogP contribution >= 0.6 is 11.8 Å². The number of carboxylic acid groups (broad SMARTS) is 1. The number of aromatic amines is 1. The van der Waals surface area contributed by atoms with E-state index in [4.69, 9.17) is 22.6 Å². The smallest absolute Gasteiger partial charge is 0.325 e. The number of aliphatic carboxylic acids is 1. The molecule has 2 aromatic carbocycles. The zero-order valence-corrected chi connectivity index (χ0v) is 65.7. The van der Waals surface area contributed by atoms with E-state index in [-0.39, 0.29) is 94.6 Å². The number of carboxylic acids is 1. The Kier molecular flexibility index (Phi) is 38.1. The van der Waals surface area contributed by atoms with Gasteiger partial charge in [0.05, 0.1) is 19.0 Å². The minimum absolute atomic E-state index is 0.000248. The van der Waals surface area contributed by atoms with Crippen molar-refractivity contribution in [2.45, 2.75) is 225 Å². The highest BCUT2D eigenvalue weighted by atomic mass is 32.2. The molecule has 2 heterocycles. The number of amides is 14. The Morgan fingerprint density at radius 2 is 1.05 bits per heavy atom. The van der Waals surface area contributed by atoms with Crippen molar-refractivity contribution < 1.29 is 77.0 Å². The number of nitrogens with two attached hydrogens (primary N) is 3. The van der Waals surface area contributed by atoms with Gasteiger partial charge in [0.1, 0.15) is 72.5 Å². The summed E-state index contributed by atoms with van der Waals surface area (Å²) in [5.41, 5.74) is 19.0. The summed E-state index contributed by atoms with van der Waals surface area (Å²) in [5, 5.41) is 51.7. The maximum atomic E-state index is 14.8. The molecule has 14 amide bonds. The molecule has 1 aliphatic rings. The molecule has 0 spiro atoms. The third-order valence-electron chi connectivity index (χ3n) is 18.0. The maximum absolute atomic E-state index is 14.8. The number of benzene rings is 2. The number of likely N-dealkylation sites (tertiary alicyclic amines) is 1. The molecule has 1 aromatic heterocycles. The van der Waals surface area contributed by atoms with Crippen LogP contribution in [0.3, 0.4) is 0 Å². The summed E-state index contributed by atoms with van der Waals surface area (Å²) in [5.74, 6) is -13.9. The van der Waals surface area contributed by atoms with Gasteiger partial charge in [-0.15, -0.1) is 0 Å². The van der Waals surface area contributed by atoms with Crippen molar-refractivity contribution >= 4 is 117 Å². The molecule has 0 radical (unpaired) electrons. The lowest BCUT2D eigenvalue weighted by Crippen LogP contribution is -2.62. The maximum Gasteiger partial charge on any atom is 0.325 e. The van der Waals surface area contributed by atoms with E-state index in [2.05, 4.69) is 74.1 Å². The van der Waals surface area contributed by atoms with Gasteiger partial charge in [0.25, 0.3) is 0 Å². The lowest BCUT2D eigenvalue weighted by atomic mass is 9.97. The van der Waals surface area contributed by atoms with Crippen LogP contribution in [0.25, 0.3) is 10.9 Å². The number of carbonyl (C=O) groups is 15. The Hall–Kier alpha value is -10.4. The van der Waals surface area contributed by atoms with Gasteiger partial charge < -0.3 is 101 Å². The first-order chi connectivity index (χ1) is 51.8. The summed E-state index contributed by atoms with van der Waals surface area (Å²) >= 11 is 1.35. The molecule has 0 bridgehead atoms. The van der Waals surface area contributed by atoms with Crippen LogP contribution in [0.1, 0.15) is 145 Å². The second-order valence-electron chi connectivity index (χ2n) is 29.3. The van der Waals surface area contributed by atoms with E-state index in [1.807, 2.05) is 26.0 Å². The zero-order valence-electron chi connectivity index (χ0n) is 64.9. The van der Waals surface area contributed by atoms with Crippen LogP contribution in [-0.4, -0.2) is 220 Å². The normalized spacial score (nSPS) is 16.0. The van der Waals surface area contributed by atoms with E-state index in [1.165, 1.54) is 37.4 Å². The van der Waals surface area contributed by atoms with Crippen molar-refractivity contribution in [1.82, 2.24) is 79.0 Å². The van der Waals surface area contributed by atoms with E-state index in [0.29, 0.717) is 23.3 Å². The number of fused-ring (bicyclic) bond motifs is 1. The SMILES string of the molecule is CSCC[C@H](NC(=O)[C@H](CCCNC(=N)N)NC(=O)[C@H](C)NC(=O)CNC(=O)[C@@H](N)CC(C)C)C(=O)N1CCC[C@H]1C(=O)N[C@@H](CC(N)=O)C(=O)N[C@@H](CC(C)C)C(=O)N[C@@H](CC(C)C)C(=O)N[C@H](C(=O)N[C@@H](Cc1ccccc1)C(=O)N[C@@H](Cc1c[nH]c2ccccc12)C(=O)N[C@@H](C)C(=O)N[C@@H](C)C(=O)O)C(C)C. The van der Waals surface area contributed by atoms with Crippen LogP contribution in [0.5, 0.6) is 0 Å². The lowest BCUT2D eigenvalue weighted by molar-refractivity contribution is -0.143. The van der Waals surface area contributed by atoms with Crippen LogP contribution in [0.15, 0.2) is 60.8 Å². The van der Waals surface area contributed by atoms with Gasteiger partial charge in [-0.3, -0.25) is 77.3 Å². The van der Waals surface area contributed by atoms with E-state index in [0.717, 1.165) is 10.9 Å². The van der Waals surface area contributed by atoms with Crippen molar-refractivity contribution in [3.63, 3.8) is 0 Å². The molecule has 0 aliphatic carbocycles. The number of primary amides is 1. The highest BCUT2D eigenvalue weighted by Crippen LogP contribution is 2.23. The molecule has 13 atom stereocenters. The van der Waals surface area contributed by atoms with Crippen LogP contribution < -0.4 is 86.3 Å². The van der Waals surface area contributed by atoms with Crippen LogP contribution in [0, 0.1) is 29.1 Å². The number of para-hydroxylation sites is 1. The second-order valence-corrected chi connectivity index (χ2v) is 30.3. The number of H-pyrrole nitrogens is 1. The standard InChI is InChI=1S/C74H115N19O16S/c1-38(2)30-48(75)63(98)81-37-59(95)82-42(9)62(97)85-50(24-18-27-79-74(77)78)64(99)86-51(26-29-110-12)72(107)93-28-19-25-57(93)70(105)90-56(35-58(76)94)68(103)87-52(31-39(3)4)66(101)88-53(32-40(5)6)69(104)92-60(41(7)8)71(106)91-54(33-45-20-14-13-15-21-45)67(102)89-55(34-46-36-80-49-23-17-16-22-47(46)49)65(100)83-43(10)61(96)84-44(11)73(108)109/h13-17,20-23,36,38-44,48,50-57,60,80H,18-19,24-35,37,75H2,1-12H3,(H2,76,94)(H,81,98)(H,82,95)(H,83,100)(H,84,96)(H,85,97)(H,86,99)(H,87,103)(H,88,101)(H,89,102)(H,90,105)(H,91,106)(H,92,104)(H,108,109)(H4,77,78,79)/t42-,43-,44-,48-,50-,51-,52-,53-,54-,55-,56-,57-,60-/m0/s1. The van der Waals surface area contributed by atoms with Crippen molar-refractivity contribution in [2.24, 2.45) is 40.9 Å². The molecular weight excluding hydrogens is 1440 g/mol. The van der Waals surface area contributed by atoms with Gasteiger partial charge in [-0.05, 0) is 125 Å². The van der Waals surface area contributed by atoms with Gasteiger partial charge in [-0.25, -0.2) is 0 Å². The molecule has 1 saturated heterocycles. The monoisotopic (exact) mass is 1560 g/mol. The first-order valence-corrected chi connectivity index (χ1v) is 38.5. The zero-order chi connectivity index (χ0) is 82.2. The number of aromatic nitrogens is 1. The first kappa shape index (κ1) is 92.0. The van der Waals surface area contributed by atoms with E-state index < -0.39 is 186 Å². The topological polar surface area (TPSA) is 554 Å². The highest BCUT2D eigenvalue weighted by Gasteiger charge is 2.42. The van der Waals surface area contributed by atoms with Gasteiger partial charge in [-0.1, -0.05) is 104 Å². The minimum Gasteiger partial charge on any atom is -0.480 e. The number of carbonyl (C=O) groups excluding carboxylic acids is 14. The molecule has 3 aromatic rings. The fraction of sp³-hybridized carbons (Fsp3) is 0.595. The molecule has 36 heteroatoms. The number of thioether (sulfide) groups is 1. The molecule has 0 unspecified atom stereocenters. The number of hydrogen-bond donors (Lipinski definition) is 19. The van der Waals surface area contributed by atoms with Crippen molar-refractivity contribution in [1.29, 1.82) is 5.41 Å². The van der Waals surface area contributed by atoms with Gasteiger partial charge >= 0.3 is 5.97 Å². The van der Waals surface area contributed by atoms with Crippen LogP contribution in [0.2, 0.25) is 0 Å². The van der Waals surface area contributed by atoms with Gasteiger partial charge in [-0.2, -0.15) is 11.8 Å². The summed E-state index contributed by atoms with van der Waals surface area (Å²) in [4.78, 5) is 212. The van der Waals surface area contributed by atoms with Gasteiger partial charge in [0.2, 0.25) is 82.7 Å².